The smallest absolute Gasteiger partial charge is 0.235 e. The van der Waals surface area contributed by atoms with E-state index in [0.717, 1.165) is 105 Å². The van der Waals surface area contributed by atoms with Crippen LogP contribution >= 0.6 is 11.6 Å². The second kappa shape index (κ2) is 18.4. The molecule has 18 rings (SSSR count). The highest BCUT2D eigenvalue weighted by atomic mass is 35.5. The molecule has 0 saturated carbocycles. The molecule has 0 amide bonds. The molecule has 8 nitrogen and oxygen atoms in total. The predicted molar refractivity (Wildman–Crippen MR) is 340 cm³/mol. The summed E-state index contributed by atoms with van der Waals surface area (Å²) in [5.41, 5.74) is 19.2. The van der Waals surface area contributed by atoms with Crippen molar-refractivity contribution in [3.63, 3.8) is 0 Å². The Kier molecular flexibility index (Phi) is 10.8. The van der Waals surface area contributed by atoms with Crippen molar-refractivity contribution in [2.45, 2.75) is 38.5 Å². The van der Waals surface area contributed by atoms with Gasteiger partial charge in [-0.05, 0) is 47.0 Å². The number of aromatic amines is 1. The van der Waals surface area contributed by atoms with Crippen molar-refractivity contribution in [2.75, 3.05) is 0 Å². The van der Waals surface area contributed by atoms with E-state index in [1.54, 1.807) is 0 Å². The number of benzene rings is 10. The first kappa shape index (κ1) is 48.7. The lowest BCUT2D eigenvalue weighted by molar-refractivity contribution is 0.620. The van der Waals surface area contributed by atoms with Crippen LogP contribution < -0.4 is 0 Å². The summed E-state index contributed by atoms with van der Waals surface area (Å²) in [5.74, 6) is 2.63. The summed E-state index contributed by atoms with van der Waals surface area (Å²) >= 11 is 5.95. The van der Waals surface area contributed by atoms with Gasteiger partial charge in [-0.1, -0.05) is 234 Å². The summed E-state index contributed by atoms with van der Waals surface area (Å²) in [6, 6.07) is 79.6. The maximum Gasteiger partial charge on any atom is 0.235 e. The van der Waals surface area contributed by atoms with Gasteiger partial charge in [-0.2, -0.15) is 0 Å². The first-order valence-corrected chi connectivity index (χ1v) is 28.4. The van der Waals surface area contributed by atoms with Crippen molar-refractivity contribution in [3.05, 3.63) is 258 Å². The van der Waals surface area contributed by atoms with E-state index in [9.17, 15) is 0 Å². The molecular weight excluding hydrogens is 1040 g/mol. The van der Waals surface area contributed by atoms with Gasteiger partial charge in [0.05, 0.1) is 33.5 Å². The van der Waals surface area contributed by atoms with Crippen LogP contribution in [0.4, 0.5) is 0 Å². The molecule has 6 heterocycles. The van der Waals surface area contributed by atoms with Crippen LogP contribution in [-0.2, 0) is 10.8 Å². The number of fused-ring (bicyclic) bond motifs is 20. The van der Waals surface area contributed by atoms with E-state index in [1.807, 2.05) is 72.8 Å². The van der Waals surface area contributed by atoms with Gasteiger partial charge in [0.15, 0.2) is 11.2 Å². The van der Waals surface area contributed by atoms with Crippen molar-refractivity contribution in [1.29, 1.82) is 0 Å². The summed E-state index contributed by atoms with van der Waals surface area (Å²) in [5, 5.41) is 9.44. The predicted octanol–water partition coefficient (Wildman–Crippen LogP) is 19.8. The number of aromatic nitrogens is 6. The molecule has 16 aromatic rings. The lowest BCUT2D eigenvalue weighted by Gasteiger charge is -2.20. The van der Waals surface area contributed by atoms with Gasteiger partial charge in [-0.25, -0.2) is 19.9 Å². The van der Waals surface area contributed by atoms with E-state index in [-0.39, 0.29) is 16.1 Å². The molecule has 0 aliphatic heterocycles. The zero-order valence-corrected chi connectivity index (χ0v) is 46.6. The van der Waals surface area contributed by atoms with E-state index in [0.29, 0.717) is 5.95 Å². The number of furan rings is 2. The maximum atomic E-state index is 6.90. The fourth-order valence-electron chi connectivity index (χ4n) is 13.5. The van der Waals surface area contributed by atoms with E-state index < -0.39 is 0 Å². The van der Waals surface area contributed by atoms with Crippen molar-refractivity contribution < 1.29 is 8.83 Å². The number of hydrogen-bond donors (Lipinski definition) is 1. The Hall–Kier alpha value is -10.2. The highest BCUT2D eigenvalue weighted by Crippen LogP contribution is 2.56. The Bertz CT molecular complexity index is 5300. The van der Waals surface area contributed by atoms with E-state index in [1.165, 1.54) is 49.5 Å². The molecule has 0 atom stereocenters. The molecule has 2 aliphatic carbocycles. The fraction of sp³-hybridized carbons (Fsp3) is 0.0811. The zero-order valence-electron chi connectivity index (χ0n) is 45.9. The lowest BCUT2D eigenvalue weighted by atomic mass is 9.81. The molecule has 0 spiro atoms. The number of H-pyrrole nitrogens is 1. The van der Waals surface area contributed by atoms with E-state index >= 15 is 0 Å². The Morgan fingerprint density at radius 1 is 0.398 bits per heavy atom. The third-order valence-corrected chi connectivity index (χ3v) is 17.4. The van der Waals surface area contributed by atoms with Crippen molar-refractivity contribution in [3.8, 4) is 51.1 Å². The van der Waals surface area contributed by atoms with Crippen LogP contribution in [0.1, 0.15) is 49.9 Å². The molecule has 6 aromatic heterocycles. The van der Waals surface area contributed by atoms with Crippen LogP contribution in [0.25, 0.3) is 138 Å². The average molecular weight is 1090 g/mol. The molecule has 0 saturated heterocycles. The second-order valence-electron chi connectivity index (χ2n) is 22.7. The maximum absolute atomic E-state index is 6.90. The summed E-state index contributed by atoms with van der Waals surface area (Å²) in [6.45, 7) is 9.18. The van der Waals surface area contributed by atoms with Gasteiger partial charge in [0.1, 0.15) is 17.0 Å². The third-order valence-electron chi connectivity index (χ3n) is 17.2. The highest BCUT2D eigenvalue weighted by molar-refractivity contribution is 6.29. The molecule has 1 N–H and O–H groups in total. The van der Waals surface area contributed by atoms with Crippen LogP contribution in [0.2, 0.25) is 5.28 Å². The lowest BCUT2D eigenvalue weighted by Crippen LogP contribution is -2.14. The number of rotatable bonds is 3. The van der Waals surface area contributed by atoms with Crippen LogP contribution in [0.3, 0.4) is 0 Å². The topological polar surface area (TPSA) is 98.6 Å². The normalized spacial score (nSPS) is 13.6. The van der Waals surface area contributed by atoms with Gasteiger partial charge in [-0.15, -0.1) is 0 Å². The van der Waals surface area contributed by atoms with Gasteiger partial charge in [0, 0.05) is 92.8 Å². The fourth-order valence-corrected chi connectivity index (χ4v) is 13.6. The summed E-state index contributed by atoms with van der Waals surface area (Å²) in [7, 11) is 0. The monoisotopic (exact) mass is 1090 g/mol. The summed E-state index contributed by atoms with van der Waals surface area (Å²) in [4.78, 5) is 22.5. The molecule has 0 bridgehead atoms. The molecule has 9 heteroatoms. The first-order chi connectivity index (χ1) is 40.6. The van der Waals surface area contributed by atoms with Gasteiger partial charge in [0.2, 0.25) is 11.2 Å². The number of halogens is 1. The van der Waals surface area contributed by atoms with E-state index in [4.69, 9.17) is 30.4 Å². The van der Waals surface area contributed by atoms with Crippen LogP contribution in [-0.4, -0.2) is 29.5 Å². The molecule has 10 aromatic carbocycles. The van der Waals surface area contributed by atoms with Crippen LogP contribution in [0.15, 0.2) is 239 Å². The van der Waals surface area contributed by atoms with E-state index in [2.05, 4.69) is 205 Å². The molecular formula is C74H51ClN6O2. The standard InChI is InChI=1S/C37H25N3O.C23H17NO.C14H9ClN2/c1-37(2)28-17-9-6-15-25(28)34-31(37)27-21-20-24-23-14-8-11-19-30(23)40(33(24)35(27)41-34)36-38-29-18-10-7-16-26(29)32(39-36)22-12-4-3-5-13-22;1-23(2)17-9-5-3-8-15(17)21-19(23)16-12-11-14-13-7-4-6-10-18(13)24-20(14)22(16)25-21;15-14-16-12-9-5-4-8-11(12)13(17-14)10-6-2-1-3-7-10/h3-21H,1-2H3;3-12,24H,1-2H3;1-9H. The highest BCUT2D eigenvalue weighted by Gasteiger charge is 2.42. The summed E-state index contributed by atoms with van der Waals surface area (Å²) < 4.78 is 15.6. The first-order valence-electron chi connectivity index (χ1n) is 28.1. The molecule has 0 radical (unpaired) electrons. The van der Waals surface area contributed by atoms with Crippen LogP contribution in [0, 0.1) is 0 Å². The van der Waals surface area contributed by atoms with Crippen molar-refractivity contribution in [2.24, 2.45) is 0 Å². The Morgan fingerprint density at radius 3 is 1.51 bits per heavy atom. The molecule has 396 valence electrons. The van der Waals surface area contributed by atoms with Crippen molar-refractivity contribution in [1.82, 2.24) is 29.5 Å². The number of nitrogens with zero attached hydrogens (tertiary/aromatic N) is 5. The Balaban J connectivity index is 0.000000114. The largest absolute Gasteiger partial charge is 0.454 e. The third kappa shape index (κ3) is 7.39. The van der Waals surface area contributed by atoms with Gasteiger partial charge < -0.3 is 13.8 Å². The second-order valence-corrected chi connectivity index (χ2v) is 23.0. The molecule has 0 unspecified atom stereocenters. The minimum absolute atomic E-state index is 0.0448. The SMILES string of the molecule is CC1(C)c2ccccc2-c2oc3c(ccc4c5ccccc5[nH]c43)c21.CC1(C)c2ccccc2-c2oc3c(ccc4c5ccccc5n(-c5nc(-c6ccccc6)c6ccccc6n5)c43)c21.Clc1nc(-c2ccccc2)c2ccccc2n1. The molecule has 0 fully saturated rings. The summed E-state index contributed by atoms with van der Waals surface area (Å²) in [6.07, 6.45) is 0. The molecule has 2 aliphatic rings. The number of nitrogens with one attached hydrogen (secondary N) is 1. The van der Waals surface area contributed by atoms with Crippen molar-refractivity contribution >= 4 is 99.0 Å². The van der Waals surface area contributed by atoms with Gasteiger partial charge in [0.25, 0.3) is 0 Å². The minimum Gasteiger partial charge on any atom is -0.454 e. The van der Waals surface area contributed by atoms with Crippen LogP contribution in [0.5, 0.6) is 0 Å². The Labute approximate surface area is 482 Å². The quantitative estimate of drug-likeness (QED) is 0.177. The Morgan fingerprint density at radius 2 is 0.867 bits per heavy atom. The molecule has 83 heavy (non-hydrogen) atoms. The minimum atomic E-state index is -0.165. The number of para-hydroxylation sites is 4. The number of hydrogen-bond acceptors (Lipinski definition) is 6. The zero-order chi connectivity index (χ0) is 55.7. The average Bonchev–Trinajstić information content (AvgIpc) is 2.35. The van der Waals surface area contributed by atoms with Gasteiger partial charge in [-0.3, -0.25) is 4.57 Å². The van der Waals surface area contributed by atoms with Gasteiger partial charge >= 0.3 is 0 Å².